The van der Waals surface area contributed by atoms with Crippen LogP contribution in [0.2, 0.25) is 0 Å². The van der Waals surface area contributed by atoms with Gasteiger partial charge in [0.1, 0.15) is 0 Å². The summed E-state index contributed by atoms with van der Waals surface area (Å²) in [7, 11) is 1.42. The molecule has 0 radical (unpaired) electrons. The maximum atomic E-state index is 11.5. The molecule has 0 bridgehead atoms. The summed E-state index contributed by atoms with van der Waals surface area (Å²) in [5, 5.41) is 10.1. The topological polar surface area (TPSA) is 46.5 Å². The summed E-state index contributed by atoms with van der Waals surface area (Å²) in [6.07, 6.45) is 9.41. The Balaban J connectivity index is 2.40. The zero-order valence-electron chi connectivity index (χ0n) is 10.9. The first-order valence-electron chi connectivity index (χ1n) is 6.61. The van der Waals surface area contributed by atoms with Crippen molar-refractivity contribution in [1.82, 2.24) is 0 Å². The first-order valence-corrected chi connectivity index (χ1v) is 6.61. The second kappa shape index (κ2) is 7.49. The summed E-state index contributed by atoms with van der Waals surface area (Å²) in [6.45, 7) is 2.15. The number of hydrogen-bond acceptors (Lipinski definition) is 3. The van der Waals surface area contributed by atoms with E-state index in [1.165, 1.54) is 7.11 Å². The van der Waals surface area contributed by atoms with Gasteiger partial charge in [-0.2, -0.15) is 0 Å². The van der Waals surface area contributed by atoms with Crippen molar-refractivity contribution in [1.29, 1.82) is 0 Å². The lowest BCUT2D eigenvalue weighted by Crippen LogP contribution is -2.28. The lowest BCUT2D eigenvalue weighted by Gasteiger charge is -2.26. The van der Waals surface area contributed by atoms with Gasteiger partial charge in [0.2, 0.25) is 0 Å². The van der Waals surface area contributed by atoms with Gasteiger partial charge in [0, 0.05) is 5.92 Å². The van der Waals surface area contributed by atoms with Crippen LogP contribution in [0.5, 0.6) is 0 Å². The molecule has 0 spiro atoms. The molecule has 0 unspecified atom stereocenters. The van der Waals surface area contributed by atoms with E-state index in [1.54, 1.807) is 0 Å². The van der Waals surface area contributed by atoms with Crippen molar-refractivity contribution in [3.8, 4) is 0 Å². The number of carbonyl (C=O) groups excluding carboxylic acids is 1. The Morgan fingerprint density at radius 1 is 1.53 bits per heavy atom. The van der Waals surface area contributed by atoms with Gasteiger partial charge in [0.25, 0.3) is 0 Å². The maximum Gasteiger partial charge on any atom is 0.308 e. The number of unbranched alkanes of at least 4 members (excludes halogenated alkanes) is 2. The lowest BCUT2D eigenvalue weighted by atomic mass is 9.82. The fourth-order valence-corrected chi connectivity index (χ4v) is 2.38. The second-order valence-corrected chi connectivity index (χ2v) is 4.85. The van der Waals surface area contributed by atoms with Crippen LogP contribution in [0, 0.1) is 11.8 Å². The van der Waals surface area contributed by atoms with Crippen molar-refractivity contribution in [3.05, 3.63) is 12.2 Å². The summed E-state index contributed by atoms with van der Waals surface area (Å²) in [5.74, 6) is -0.111. The third kappa shape index (κ3) is 4.50. The number of methoxy groups -OCH3 is 1. The molecule has 0 amide bonds. The van der Waals surface area contributed by atoms with E-state index in [4.69, 9.17) is 4.74 Å². The molecule has 3 heteroatoms. The molecule has 0 saturated carbocycles. The molecule has 1 N–H and O–H groups in total. The third-order valence-electron chi connectivity index (χ3n) is 3.49. The first-order chi connectivity index (χ1) is 8.19. The second-order valence-electron chi connectivity index (χ2n) is 4.85. The summed E-state index contributed by atoms with van der Waals surface area (Å²) < 4.78 is 4.76. The third-order valence-corrected chi connectivity index (χ3v) is 3.49. The monoisotopic (exact) mass is 240 g/mol. The molecule has 17 heavy (non-hydrogen) atoms. The lowest BCUT2D eigenvalue weighted by molar-refractivity contribution is -0.146. The Morgan fingerprint density at radius 3 is 2.94 bits per heavy atom. The largest absolute Gasteiger partial charge is 0.469 e. The van der Waals surface area contributed by atoms with Crippen LogP contribution >= 0.6 is 0 Å². The number of hydrogen-bond donors (Lipinski definition) is 1. The normalized spacial score (nSPS) is 25.6. The molecule has 0 fully saturated rings. The van der Waals surface area contributed by atoms with E-state index in [2.05, 4.69) is 13.0 Å². The average Bonchev–Trinajstić information content (AvgIpc) is 2.38. The molecule has 1 aliphatic carbocycles. The quantitative estimate of drug-likeness (QED) is 0.441. The number of allylic oxidation sites excluding steroid dienone is 1. The van der Waals surface area contributed by atoms with Crippen molar-refractivity contribution < 1.29 is 14.6 Å². The molecular weight excluding hydrogens is 216 g/mol. The minimum atomic E-state index is -0.315. The van der Waals surface area contributed by atoms with E-state index in [0.717, 1.165) is 38.5 Å². The van der Waals surface area contributed by atoms with Crippen LogP contribution in [-0.2, 0) is 9.53 Å². The van der Waals surface area contributed by atoms with Crippen LogP contribution in [0.1, 0.15) is 45.4 Å². The van der Waals surface area contributed by atoms with Gasteiger partial charge in [-0.15, -0.1) is 0 Å². The molecule has 3 nitrogen and oxygen atoms in total. The van der Waals surface area contributed by atoms with Gasteiger partial charge in [0.15, 0.2) is 0 Å². The highest BCUT2D eigenvalue weighted by Crippen LogP contribution is 2.28. The van der Waals surface area contributed by atoms with Crippen LogP contribution in [0.25, 0.3) is 0 Å². The summed E-state index contributed by atoms with van der Waals surface area (Å²) >= 11 is 0. The van der Waals surface area contributed by atoms with Crippen molar-refractivity contribution in [2.75, 3.05) is 7.11 Å². The van der Waals surface area contributed by atoms with Gasteiger partial charge in [-0.3, -0.25) is 4.79 Å². The maximum absolute atomic E-state index is 11.5. The van der Waals surface area contributed by atoms with Gasteiger partial charge in [-0.25, -0.2) is 0 Å². The molecule has 0 saturated heterocycles. The van der Waals surface area contributed by atoms with E-state index >= 15 is 0 Å². The fourth-order valence-electron chi connectivity index (χ4n) is 2.38. The molecule has 3 atom stereocenters. The van der Waals surface area contributed by atoms with Crippen molar-refractivity contribution in [3.63, 3.8) is 0 Å². The van der Waals surface area contributed by atoms with Gasteiger partial charge < -0.3 is 9.84 Å². The smallest absolute Gasteiger partial charge is 0.308 e. The predicted molar refractivity (Wildman–Crippen MR) is 67.5 cm³/mol. The molecule has 0 heterocycles. The Morgan fingerprint density at radius 2 is 2.29 bits per heavy atom. The molecule has 0 aromatic heterocycles. The average molecular weight is 240 g/mol. The van der Waals surface area contributed by atoms with Crippen LogP contribution in [0.3, 0.4) is 0 Å². The molecule has 0 aliphatic heterocycles. The van der Waals surface area contributed by atoms with Crippen LogP contribution < -0.4 is 0 Å². The van der Waals surface area contributed by atoms with Gasteiger partial charge in [-0.1, -0.05) is 38.3 Å². The standard InChI is InChI=1S/C14H24O3/c1-3-4-5-9-13(15)11-7-6-8-12(10-11)14(16)17-2/h6-7,11-13,15H,3-5,8-10H2,1-2H3/t11-,12-,13+/m0/s1. The molecule has 98 valence electrons. The number of carbonyl (C=O) groups is 1. The van der Waals surface area contributed by atoms with Gasteiger partial charge in [0.05, 0.1) is 19.1 Å². The summed E-state index contributed by atoms with van der Waals surface area (Å²) in [4.78, 5) is 11.5. The van der Waals surface area contributed by atoms with Crippen LogP contribution in [0.15, 0.2) is 12.2 Å². The molecular formula is C14H24O3. The molecule has 0 aromatic rings. The van der Waals surface area contributed by atoms with Crippen LogP contribution in [-0.4, -0.2) is 24.3 Å². The van der Waals surface area contributed by atoms with E-state index < -0.39 is 0 Å². The molecule has 1 rings (SSSR count). The van der Waals surface area contributed by atoms with E-state index in [-0.39, 0.29) is 23.9 Å². The molecule has 1 aliphatic rings. The number of rotatable bonds is 6. The Bertz CT molecular complexity index is 260. The number of aliphatic hydroxyl groups is 1. The minimum absolute atomic E-state index is 0.0733. The Labute approximate surface area is 104 Å². The SMILES string of the molecule is CCCCC[C@@H](O)[C@H]1C=CC[C@H](C(=O)OC)C1. The van der Waals surface area contributed by atoms with Crippen molar-refractivity contribution in [2.24, 2.45) is 11.8 Å². The zero-order valence-corrected chi connectivity index (χ0v) is 10.9. The van der Waals surface area contributed by atoms with Gasteiger partial charge >= 0.3 is 5.97 Å². The Hall–Kier alpha value is -0.830. The van der Waals surface area contributed by atoms with Crippen molar-refractivity contribution >= 4 is 5.97 Å². The first kappa shape index (κ1) is 14.2. The highest BCUT2D eigenvalue weighted by molar-refractivity contribution is 5.72. The van der Waals surface area contributed by atoms with Crippen molar-refractivity contribution in [2.45, 2.75) is 51.6 Å². The fraction of sp³-hybridized carbons (Fsp3) is 0.786. The van der Waals surface area contributed by atoms with Gasteiger partial charge in [-0.05, 0) is 19.3 Å². The highest BCUT2D eigenvalue weighted by atomic mass is 16.5. The summed E-state index contributed by atoms with van der Waals surface area (Å²) in [6, 6.07) is 0. The number of esters is 1. The summed E-state index contributed by atoms with van der Waals surface area (Å²) in [5.41, 5.74) is 0. The molecule has 0 aromatic carbocycles. The van der Waals surface area contributed by atoms with E-state index in [0.29, 0.717) is 0 Å². The van der Waals surface area contributed by atoms with Crippen LogP contribution in [0.4, 0.5) is 0 Å². The highest BCUT2D eigenvalue weighted by Gasteiger charge is 2.28. The number of ether oxygens (including phenoxy) is 1. The zero-order chi connectivity index (χ0) is 12.7. The number of aliphatic hydroxyl groups excluding tert-OH is 1. The van der Waals surface area contributed by atoms with E-state index in [1.807, 2.05) is 6.08 Å². The Kier molecular flexibility index (Phi) is 6.27. The minimum Gasteiger partial charge on any atom is -0.469 e. The van der Waals surface area contributed by atoms with E-state index in [9.17, 15) is 9.90 Å². The predicted octanol–water partition coefficient (Wildman–Crippen LogP) is 2.68.